The van der Waals surface area contributed by atoms with Crippen molar-refractivity contribution in [3.63, 3.8) is 0 Å². The maximum atomic E-state index is 13.2. The molecule has 2 aromatic carbocycles. The minimum Gasteiger partial charge on any atom is -0.474 e. The van der Waals surface area contributed by atoms with Crippen LogP contribution in [0.25, 0.3) is 32.9 Å². The zero-order chi connectivity index (χ0) is 39.8. The summed E-state index contributed by atoms with van der Waals surface area (Å²) < 4.78 is 31.5. The van der Waals surface area contributed by atoms with Gasteiger partial charge in [0.15, 0.2) is 0 Å². The molecule has 1 saturated carbocycles. The Hall–Kier alpha value is -5.67. The predicted octanol–water partition coefficient (Wildman–Crippen LogP) is 5.04. The molecule has 5 aromatic rings. The van der Waals surface area contributed by atoms with E-state index < -0.39 is 17.9 Å². The van der Waals surface area contributed by atoms with E-state index in [0.29, 0.717) is 88.3 Å². The van der Waals surface area contributed by atoms with Gasteiger partial charge in [0.25, 0.3) is 11.8 Å². The molecule has 14 heteroatoms. The Balaban J connectivity index is 0.605. The number of rotatable bonds is 16. The smallest absolute Gasteiger partial charge is 0.262 e. The van der Waals surface area contributed by atoms with E-state index >= 15 is 0 Å². The number of anilines is 1. The van der Waals surface area contributed by atoms with E-state index in [1.165, 1.54) is 5.39 Å². The SMILES string of the molecule is C=C1CCC(N2C(=O)c3ccc(N4CC(OCCOCCOCCOC5CC(Oc6ccc(-c7ccc8c9cnccc9n(C)c8c7)cn6)C5)C4)cc3C2=O)C(=O)N1. The van der Waals surface area contributed by atoms with Gasteiger partial charge in [-0.15, -0.1) is 0 Å². The summed E-state index contributed by atoms with van der Waals surface area (Å²) in [5.41, 5.74) is 6.56. The van der Waals surface area contributed by atoms with Crippen LogP contribution >= 0.6 is 0 Å². The number of nitrogens with one attached hydrogen (secondary N) is 1. The topological polar surface area (TPSA) is 147 Å². The molecule has 300 valence electrons. The molecule has 3 amide bonds. The molecule has 3 fully saturated rings. The van der Waals surface area contributed by atoms with Gasteiger partial charge in [-0.05, 0) is 54.8 Å². The van der Waals surface area contributed by atoms with Crippen LogP contribution in [0.5, 0.6) is 5.88 Å². The van der Waals surface area contributed by atoms with Crippen molar-refractivity contribution < 1.29 is 38.1 Å². The molecule has 0 bridgehead atoms. The molecule has 0 spiro atoms. The average molecular weight is 787 g/mol. The van der Waals surface area contributed by atoms with Crippen molar-refractivity contribution >= 4 is 45.2 Å². The van der Waals surface area contributed by atoms with Crippen LogP contribution in [0, 0.1) is 0 Å². The number of carbonyl (C=O) groups excluding carboxylic acids is 3. The van der Waals surface area contributed by atoms with E-state index in [-0.39, 0.29) is 24.2 Å². The molecular formula is C44H46N6O8. The number of hydrogen-bond acceptors (Lipinski definition) is 11. The number of allylic oxidation sites excluding steroid dienone is 1. The average Bonchev–Trinajstić information content (AvgIpc) is 3.63. The van der Waals surface area contributed by atoms with E-state index in [0.717, 1.165) is 51.0 Å². The molecule has 1 aliphatic carbocycles. The van der Waals surface area contributed by atoms with Crippen molar-refractivity contribution in [3.8, 4) is 17.0 Å². The number of piperidine rings is 1. The number of aryl methyl sites for hydroxylation is 1. The molecule has 2 saturated heterocycles. The lowest BCUT2D eigenvalue weighted by Crippen LogP contribution is -2.52. The molecule has 4 aliphatic rings. The van der Waals surface area contributed by atoms with Gasteiger partial charge in [0.05, 0.1) is 68.5 Å². The standard InChI is InChI=1S/C44H46N6O8/c1-27-3-9-39(42(51)47-27)50-43(52)35-8-6-30(20-36(35)44(50)53)49-25-33(26-49)57-18-16-55-14-13-54-15-17-56-31-21-32(22-31)58-41-10-5-29(23-46-41)28-4-7-34-37-24-45-12-11-38(37)48(2)40(34)19-28/h4-8,10-12,19-20,23-24,31-33,39H,1,3,9,13-18,21-22,25-26H2,2H3,(H,47,51). The van der Waals surface area contributed by atoms with E-state index in [4.69, 9.17) is 23.7 Å². The number of carbonyl (C=O) groups is 3. The summed E-state index contributed by atoms with van der Waals surface area (Å²) in [7, 11) is 2.08. The van der Waals surface area contributed by atoms with Gasteiger partial charge >= 0.3 is 0 Å². The molecular weight excluding hydrogens is 741 g/mol. The Labute approximate surface area is 335 Å². The third-order valence-corrected chi connectivity index (χ3v) is 11.5. The lowest BCUT2D eigenvalue weighted by atomic mass is 9.92. The number of nitrogens with zero attached hydrogens (tertiary/aromatic N) is 5. The van der Waals surface area contributed by atoms with Crippen molar-refractivity contribution in [1.82, 2.24) is 24.8 Å². The monoisotopic (exact) mass is 786 g/mol. The number of benzene rings is 2. The molecule has 14 nitrogen and oxygen atoms in total. The number of amides is 3. The van der Waals surface area contributed by atoms with E-state index in [9.17, 15) is 14.4 Å². The van der Waals surface area contributed by atoms with Crippen LogP contribution in [0.4, 0.5) is 5.69 Å². The second-order valence-corrected chi connectivity index (χ2v) is 15.3. The highest BCUT2D eigenvalue weighted by atomic mass is 16.6. The highest BCUT2D eigenvalue weighted by Crippen LogP contribution is 2.34. The first-order valence-electron chi connectivity index (χ1n) is 19.9. The fourth-order valence-electron chi connectivity index (χ4n) is 8.13. The maximum Gasteiger partial charge on any atom is 0.262 e. The van der Waals surface area contributed by atoms with Gasteiger partial charge in [0, 0.05) is 90.9 Å². The predicted molar refractivity (Wildman–Crippen MR) is 216 cm³/mol. The number of pyridine rings is 2. The summed E-state index contributed by atoms with van der Waals surface area (Å²) >= 11 is 0. The van der Waals surface area contributed by atoms with Crippen LogP contribution in [0.1, 0.15) is 46.4 Å². The van der Waals surface area contributed by atoms with Gasteiger partial charge < -0.3 is 38.5 Å². The first kappa shape index (κ1) is 37.9. The van der Waals surface area contributed by atoms with Crippen LogP contribution in [-0.2, 0) is 30.8 Å². The van der Waals surface area contributed by atoms with Crippen molar-refractivity contribution in [1.29, 1.82) is 0 Å². The van der Waals surface area contributed by atoms with E-state index in [1.807, 2.05) is 36.8 Å². The van der Waals surface area contributed by atoms with Crippen molar-refractivity contribution in [2.45, 2.75) is 50.0 Å². The first-order chi connectivity index (χ1) is 28.3. The van der Waals surface area contributed by atoms with Crippen LogP contribution in [0.2, 0.25) is 0 Å². The Morgan fingerprint density at radius 3 is 2.26 bits per heavy atom. The minimum atomic E-state index is -0.822. The van der Waals surface area contributed by atoms with Crippen LogP contribution in [-0.4, -0.2) is 114 Å². The molecule has 58 heavy (non-hydrogen) atoms. The summed E-state index contributed by atoms with van der Waals surface area (Å²) in [6.07, 6.45) is 8.45. The Morgan fingerprint density at radius 1 is 0.759 bits per heavy atom. The van der Waals surface area contributed by atoms with Crippen molar-refractivity contribution in [2.24, 2.45) is 7.05 Å². The van der Waals surface area contributed by atoms with Gasteiger partial charge in [0.1, 0.15) is 12.1 Å². The highest BCUT2D eigenvalue weighted by Gasteiger charge is 2.44. The molecule has 9 rings (SSSR count). The molecule has 1 atom stereocenters. The molecule has 6 heterocycles. The summed E-state index contributed by atoms with van der Waals surface area (Å²) in [6.45, 7) is 8.00. The fraction of sp³-hybridized carbons (Fsp3) is 0.386. The molecule has 0 radical (unpaired) electrons. The number of ether oxygens (including phenoxy) is 5. The third kappa shape index (κ3) is 7.55. The molecule has 3 aromatic heterocycles. The number of aromatic nitrogens is 3. The summed E-state index contributed by atoms with van der Waals surface area (Å²) in [4.78, 5) is 50.7. The van der Waals surface area contributed by atoms with Crippen LogP contribution < -0.4 is 15.0 Å². The van der Waals surface area contributed by atoms with Gasteiger partial charge in [-0.25, -0.2) is 4.98 Å². The first-order valence-corrected chi connectivity index (χ1v) is 19.9. The number of hydrogen-bond donors (Lipinski definition) is 1. The molecule has 1 N–H and O–H groups in total. The highest BCUT2D eigenvalue weighted by molar-refractivity contribution is 6.23. The molecule has 1 unspecified atom stereocenters. The number of imide groups is 1. The maximum absolute atomic E-state index is 13.2. The van der Waals surface area contributed by atoms with Crippen molar-refractivity contribution in [3.05, 3.63) is 96.6 Å². The molecule has 3 aliphatic heterocycles. The van der Waals surface area contributed by atoms with Gasteiger partial charge in [-0.1, -0.05) is 18.7 Å². The Morgan fingerprint density at radius 2 is 1.50 bits per heavy atom. The lowest BCUT2D eigenvalue weighted by Gasteiger charge is -2.40. The minimum absolute atomic E-state index is 0.0487. The third-order valence-electron chi connectivity index (χ3n) is 11.5. The normalized spacial score (nSPS) is 20.7. The Kier molecular flexibility index (Phi) is 10.6. The lowest BCUT2D eigenvalue weighted by molar-refractivity contribution is -0.125. The van der Waals surface area contributed by atoms with E-state index in [2.05, 4.69) is 62.6 Å². The summed E-state index contributed by atoms with van der Waals surface area (Å²) in [5.74, 6) is -0.618. The van der Waals surface area contributed by atoms with Crippen LogP contribution in [0.15, 0.2) is 85.5 Å². The summed E-state index contributed by atoms with van der Waals surface area (Å²) in [6, 6.07) is 16.9. The van der Waals surface area contributed by atoms with E-state index in [1.54, 1.807) is 12.1 Å². The van der Waals surface area contributed by atoms with Crippen LogP contribution in [0.3, 0.4) is 0 Å². The van der Waals surface area contributed by atoms with Gasteiger partial charge in [-0.3, -0.25) is 24.3 Å². The Bertz CT molecular complexity index is 2370. The van der Waals surface area contributed by atoms with Crippen molar-refractivity contribution in [2.75, 3.05) is 57.6 Å². The van der Waals surface area contributed by atoms with Gasteiger partial charge in [0.2, 0.25) is 11.8 Å². The largest absolute Gasteiger partial charge is 0.474 e. The second kappa shape index (κ2) is 16.3. The summed E-state index contributed by atoms with van der Waals surface area (Å²) in [5, 5.41) is 5.00. The number of fused-ring (bicyclic) bond motifs is 4. The van der Waals surface area contributed by atoms with Gasteiger partial charge in [-0.2, -0.15) is 0 Å². The zero-order valence-electron chi connectivity index (χ0n) is 32.4. The quantitative estimate of drug-likeness (QED) is 0.106. The fourth-order valence-corrected chi connectivity index (χ4v) is 8.13. The zero-order valence-corrected chi connectivity index (χ0v) is 32.4. The second-order valence-electron chi connectivity index (χ2n) is 15.3.